The minimum absolute atomic E-state index is 0.174. The average molecular weight is 412 g/mol. The van der Waals surface area contributed by atoms with E-state index in [1.165, 1.54) is 16.5 Å². The first kappa shape index (κ1) is 19.1. The van der Waals surface area contributed by atoms with Gasteiger partial charge in [-0.1, -0.05) is 60.2 Å². The molecule has 0 atom stereocenters. The van der Waals surface area contributed by atoms with Crippen LogP contribution in [0, 0.1) is 6.92 Å². The molecule has 0 unspecified atom stereocenters. The molecule has 0 radical (unpaired) electrons. The van der Waals surface area contributed by atoms with Crippen LogP contribution in [-0.4, -0.2) is 36.5 Å². The number of ether oxygens (including phenoxy) is 1. The van der Waals surface area contributed by atoms with E-state index in [1.54, 1.807) is 11.6 Å². The van der Waals surface area contributed by atoms with E-state index in [0.29, 0.717) is 30.1 Å². The standard InChI is InChI=1S/C23H20N6O2/c1-15-8-10-16(11-9-15)12-28-14-24-22-20(23(28)30)25-26-21-19(17-6-4-3-5-7-17)18(13-31-2)27-29(21)22/h3-11,14H,12-13H2,1-2H3. The largest absolute Gasteiger partial charge is 0.378 e. The van der Waals surface area contributed by atoms with E-state index < -0.39 is 0 Å². The summed E-state index contributed by atoms with van der Waals surface area (Å²) in [5.41, 5.74) is 5.48. The van der Waals surface area contributed by atoms with Gasteiger partial charge in [-0.05, 0) is 18.1 Å². The molecule has 0 saturated heterocycles. The number of nitrogens with zero attached hydrogens (tertiary/aromatic N) is 6. The van der Waals surface area contributed by atoms with Gasteiger partial charge in [0.2, 0.25) is 0 Å². The third-order valence-corrected chi connectivity index (χ3v) is 5.19. The van der Waals surface area contributed by atoms with Gasteiger partial charge >= 0.3 is 0 Å². The molecule has 0 aliphatic heterocycles. The Kier molecular flexibility index (Phi) is 4.76. The van der Waals surface area contributed by atoms with Gasteiger partial charge < -0.3 is 4.74 Å². The van der Waals surface area contributed by atoms with E-state index in [0.717, 1.165) is 16.7 Å². The molecule has 3 heterocycles. The summed E-state index contributed by atoms with van der Waals surface area (Å²) in [6.07, 6.45) is 1.53. The molecule has 154 valence electrons. The number of hydrogen-bond acceptors (Lipinski definition) is 6. The smallest absolute Gasteiger partial charge is 0.283 e. The van der Waals surface area contributed by atoms with Crippen molar-refractivity contribution < 1.29 is 4.74 Å². The molecular formula is C23H20N6O2. The molecule has 3 aromatic heterocycles. The minimum atomic E-state index is -0.259. The third-order valence-electron chi connectivity index (χ3n) is 5.19. The fourth-order valence-corrected chi connectivity index (χ4v) is 3.64. The number of rotatable bonds is 5. The number of methoxy groups -OCH3 is 1. The Balaban J connectivity index is 1.67. The van der Waals surface area contributed by atoms with Crippen molar-refractivity contribution in [3.63, 3.8) is 0 Å². The van der Waals surface area contributed by atoms with E-state index in [1.807, 2.05) is 61.5 Å². The highest BCUT2D eigenvalue weighted by atomic mass is 16.5. The molecule has 0 spiro atoms. The lowest BCUT2D eigenvalue weighted by molar-refractivity contribution is 0.181. The zero-order valence-corrected chi connectivity index (χ0v) is 17.2. The quantitative estimate of drug-likeness (QED) is 0.441. The molecule has 0 amide bonds. The minimum Gasteiger partial charge on any atom is -0.378 e. The van der Waals surface area contributed by atoms with Crippen LogP contribution in [0.25, 0.3) is 27.9 Å². The van der Waals surface area contributed by atoms with Crippen molar-refractivity contribution in [3.05, 3.63) is 88.1 Å². The van der Waals surface area contributed by atoms with Crippen molar-refractivity contribution in [1.82, 2.24) is 29.4 Å². The van der Waals surface area contributed by atoms with Gasteiger partial charge in [-0.3, -0.25) is 9.36 Å². The number of fused-ring (bicyclic) bond motifs is 3. The second-order valence-electron chi connectivity index (χ2n) is 7.39. The Labute approximate surface area is 177 Å². The van der Waals surface area contributed by atoms with Gasteiger partial charge in [-0.25, -0.2) is 4.98 Å². The van der Waals surface area contributed by atoms with E-state index in [9.17, 15) is 4.79 Å². The van der Waals surface area contributed by atoms with Gasteiger partial charge in [0.05, 0.1) is 24.4 Å². The Morgan fingerprint density at radius 2 is 1.74 bits per heavy atom. The van der Waals surface area contributed by atoms with Crippen LogP contribution >= 0.6 is 0 Å². The topological polar surface area (TPSA) is 87.2 Å². The lowest BCUT2D eigenvalue weighted by Crippen LogP contribution is -2.23. The lowest BCUT2D eigenvalue weighted by Gasteiger charge is -2.07. The summed E-state index contributed by atoms with van der Waals surface area (Å²) in [4.78, 5) is 17.6. The molecule has 31 heavy (non-hydrogen) atoms. The average Bonchev–Trinajstić information content (AvgIpc) is 3.16. The molecule has 0 fully saturated rings. The highest BCUT2D eigenvalue weighted by Gasteiger charge is 2.20. The summed E-state index contributed by atoms with van der Waals surface area (Å²) in [6, 6.07) is 17.8. The molecule has 0 aliphatic rings. The Hall–Kier alpha value is -3.91. The number of benzene rings is 2. The van der Waals surface area contributed by atoms with E-state index in [2.05, 4.69) is 20.3 Å². The Bertz CT molecular complexity index is 1440. The van der Waals surface area contributed by atoms with Gasteiger partial charge in [0.15, 0.2) is 16.8 Å². The van der Waals surface area contributed by atoms with Crippen LogP contribution in [0.15, 0.2) is 65.7 Å². The maximum Gasteiger partial charge on any atom is 0.283 e. The molecule has 0 saturated carbocycles. The van der Waals surface area contributed by atoms with Crippen molar-refractivity contribution in [2.45, 2.75) is 20.1 Å². The van der Waals surface area contributed by atoms with E-state index in [4.69, 9.17) is 4.74 Å². The van der Waals surface area contributed by atoms with Gasteiger partial charge in [-0.2, -0.15) is 9.61 Å². The summed E-state index contributed by atoms with van der Waals surface area (Å²) in [5.74, 6) is 0. The first-order valence-electron chi connectivity index (χ1n) is 9.89. The molecule has 8 heteroatoms. The summed E-state index contributed by atoms with van der Waals surface area (Å²) in [5, 5.41) is 13.2. The fraction of sp³-hybridized carbons (Fsp3) is 0.174. The SMILES string of the molecule is COCc1nn2c(nnc3c(=O)n(Cc4ccc(C)cc4)cnc32)c1-c1ccccc1. The number of aryl methyl sites for hydroxylation is 1. The highest BCUT2D eigenvalue weighted by Crippen LogP contribution is 2.28. The normalized spacial score (nSPS) is 11.4. The molecule has 8 nitrogen and oxygen atoms in total. The first-order valence-corrected chi connectivity index (χ1v) is 9.89. The Morgan fingerprint density at radius 1 is 0.968 bits per heavy atom. The Morgan fingerprint density at radius 3 is 2.48 bits per heavy atom. The predicted octanol–water partition coefficient (Wildman–Crippen LogP) is 3.00. The van der Waals surface area contributed by atoms with Crippen molar-refractivity contribution in [2.24, 2.45) is 0 Å². The summed E-state index contributed by atoms with van der Waals surface area (Å²) in [6.45, 7) is 2.74. The van der Waals surface area contributed by atoms with Crippen LogP contribution < -0.4 is 5.56 Å². The zero-order valence-electron chi connectivity index (χ0n) is 17.2. The van der Waals surface area contributed by atoms with Crippen LogP contribution in [-0.2, 0) is 17.9 Å². The van der Waals surface area contributed by atoms with Crippen LogP contribution in [0.4, 0.5) is 0 Å². The van der Waals surface area contributed by atoms with Crippen LogP contribution in [0.1, 0.15) is 16.8 Å². The van der Waals surface area contributed by atoms with E-state index >= 15 is 0 Å². The van der Waals surface area contributed by atoms with Crippen LogP contribution in [0.3, 0.4) is 0 Å². The van der Waals surface area contributed by atoms with E-state index in [-0.39, 0.29) is 11.1 Å². The second-order valence-corrected chi connectivity index (χ2v) is 7.39. The maximum atomic E-state index is 13.1. The number of hydrogen-bond donors (Lipinski definition) is 0. The summed E-state index contributed by atoms with van der Waals surface area (Å²) in [7, 11) is 1.62. The predicted molar refractivity (Wildman–Crippen MR) is 117 cm³/mol. The third kappa shape index (κ3) is 3.36. The summed E-state index contributed by atoms with van der Waals surface area (Å²) < 4.78 is 8.45. The van der Waals surface area contributed by atoms with Gasteiger partial charge in [0, 0.05) is 7.11 Å². The van der Waals surface area contributed by atoms with Crippen molar-refractivity contribution >= 4 is 16.8 Å². The molecule has 0 bridgehead atoms. The fourth-order valence-electron chi connectivity index (χ4n) is 3.64. The molecular weight excluding hydrogens is 392 g/mol. The lowest BCUT2D eigenvalue weighted by atomic mass is 10.1. The highest BCUT2D eigenvalue weighted by molar-refractivity contribution is 5.83. The zero-order chi connectivity index (χ0) is 21.4. The molecule has 5 aromatic rings. The van der Waals surface area contributed by atoms with Crippen molar-refractivity contribution in [1.29, 1.82) is 0 Å². The van der Waals surface area contributed by atoms with Crippen molar-refractivity contribution in [2.75, 3.05) is 7.11 Å². The number of aromatic nitrogens is 6. The molecule has 2 aromatic carbocycles. The monoisotopic (exact) mass is 412 g/mol. The van der Waals surface area contributed by atoms with Crippen molar-refractivity contribution in [3.8, 4) is 11.1 Å². The van der Waals surface area contributed by atoms with Crippen LogP contribution in [0.2, 0.25) is 0 Å². The summed E-state index contributed by atoms with van der Waals surface area (Å²) >= 11 is 0. The molecule has 5 rings (SSSR count). The molecule has 0 N–H and O–H groups in total. The van der Waals surface area contributed by atoms with Crippen LogP contribution in [0.5, 0.6) is 0 Å². The maximum absolute atomic E-state index is 13.1. The van der Waals surface area contributed by atoms with Gasteiger partial charge in [0.25, 0.3) is 5.56 Å². The first-order chi connectivity index (χ1) is 15.2. The van der Waals surface area contributed by atoms with Gasteiger partial charge in [0.1, 0.15) is 6.33 Å². The second kappa shape index (κ2) is 7.73. The van der Waals surface area contributed by atoms with Gasteiger partial charge in [-0.15, -0.1) is 10.2 Å². The molecule has 0 aliphatic carbocycles.